The van der Waals surface area contributed by atoms with E-state index in [1.54, 1.807) is 0 Å². The molecule has 0 aromatic heterocycles. The Bertz CT molecular complexity index is 644. The fourth-order valence-electron chi connectivity index (χ4n) is 1.51. The number of halogens is 3. The minimum Gasteiger partial charge on any atom is -0.398 e. The Morgan fingerprint density at radius 2 is 1.90 bits per heavy atom. The molecule has 118 valence electrons. The third kappa shape index (κ3) is 4.33. The molecular formula is C11H14F3N3O3S. The molecule has 0 atom stereocenters. The van der Waals surface area contributed by atoms with Gasteiger partial charge in [-0.25, -0.2) is 12.7 Å². The maximum atomic E-state index is 12.1. The molecule has 0 unspecified atom stereocenters. The second kappa shape index (κ2) is 5.90. The lowest BCUT2D eigenvalue weighted by molar-refractivity contribution is -0.135. The molecule has 0 aliphatic rings. The van der Waals surface area contributed by atoms with Crippen LogP contribution < -0.4 is 11.5 Å². The lowest BCUT2D eigenvalue weighted by Gasteiger charge is -2.19. The molecule has 1 aromatic carbocycles. The van der Waals surface area contributed by atoms with Crippen molar-refractivity contribution in [1.82, 2.24) is 4.31 Å². The summed E-state index contributed by atoms with van der Waals surface area (Å²) in [5, 5.41) is 0. The van der Waals surface area contributed by atoms with Crippen molar-refractivity contribution in [3.63, 3.8) is 0 Å². The highest BCUT2D eigenvalue weighted by Gasteiger charge is 2.31. The first kappa shape index (κ1) is 17.2. The second-order valence-electron chi connectivity index (χ2n) is 4.31. The number of rotatable bonds is 5. The monoisotopic (exact) mass is 325 g/mol. The van der Waals surface area contributed by atoms with Gasteiger partial charge in [0.1, 0.15) is 4.90 Å². The van der Waals surface area contributed by atoms with E-state index in [-0.39, 0.29) is 16.1 Å². The number of sulfonamides is 1. The van der Waals surface area contributed by atoms with E-state index in [1.807, 2.05) is 0 Å². The van der Waals surface area contributed by atoms with E-state index in [0.717, 1.165) is 25.2 Å². The molecule has 0 bridgehead atoms. The van der Waals surface area contributed by atoms with Crippen molar-refractivity contribution in [3.8, 4) is 0 Å². The highest BCUT2D eigenvalue weighted by Crippen LogP contribution is 2.25. The Morgan fingerprint density at radius 1 is 1.33 bits per heavy atom. The summed E-state index contributed by atoms with van der Waals surface area (Å²) in [5.41, 5.74) is 10.3. The van der Waals surface area contributed by atoms with Gasteiger partial charge in [-0.1, -0.05) is 0 Å². The average molecular weight is 325 g/mol. The number of benzene rings is 1. The first-order valence-electron chi connectivity index (χ1n) is 5.67. The van der Waals surface area contributed by atoms with Gasteiger partial charge >= 0.3 is 6.18 Å². The summed E-state index contributed by atoms with van der Waals surface area (Å²) in [6.07, 6.45) is -5.74. The number of primary amides is 1. The minimum atomic E-state index is -4.47. The van der Waals surface area contributed by atoms with Crippen LogP contribution in [0.3, 0.4) is 0 Å². The van der Waals surface area contributed by atoms with E-state index < -0.39 is 35.1 Å². The minimum absolute atomic E-state index is 0.00407. The Morgan fingerprint density at radius 3 is 2.33 bits per heavy atom. The highest BCUT2D eigenvalue weighted by atomic mass is 32.2. The van der Waals surface area contributed by atoms with Crippen molar-refractivity contribution in [3.05, 3.63) is 23.8 Å². The van der Waals surface area contributed by atoms with Gasteiger partial charge in [0.2, 0.25) is 15.9 Å². The van der Waals surface area contributed by atoms with Gasteiger partial charge in [-0.3, -0.25) is 4.79 Å². The van der Waals surface area contributed by atoms with E-state index in [2.05, 4.69) is 0 Å². The number of nitrogens with zero attached hydrogens (tertiary/aromatic N) is 1. The quantitative estimate of drug-likeness (QED) is 0.786. The zero-order chi connectivity index (χ0) is 16.4. The molecule has 0 radical (unpaired) electrons. The molecule has 1 amide bonds. The largest absolute Gasteiger partial charge is 0.398 e. The summed E-state index contributed by atoms with van der Waals surface area (Å²) >= 11 is 0. The number of anilines is 1. The molecule has 6 nitrogen and oxygen atoms in total. The molecule has 0 saturated carbocycles. The number of hydrogen-bond acceptors (Lipinski definition) is 4. The number of nitrogens with two attached hydrogens (primary N) is 2. The van der Waals surface area contributed by atoms with Crippen LogP contribution in [0.1, 0.15) is 16.8 Å². The highest BCUT2D eigenvalue weighted by molar-refractivity contribution is 7.89. The number of alkyl halides is 3. The van der Waals surface area contributed by atoms with Gasteiger partial charge in [0, 0.05) is 19.2 Å². The molecule has 10 heteroatoms. The summed E-state index contributed by atoms with van der Waals surface area (Å²) < 4.78 is 61.2. The second-order valence-corrected chi connectivity index (χ2v) is 6.32. The molecular weight excluding hydrogens is 311 g/mol. The lowest BCUT2D eigenvalue weighted by atomic mass is 10.2. The summed E-state index contributed by atoms with van der Waals surface area (Å²) in [6, 6.07) is 3.24. The predicted molar refractivity (Wildman–Crippen MR) is 69.9 cm³/mol. The molecule has 21 heavy (non-hydrogen) atoms. The lowest BCUT2D eigenvalue weighted by Crippen LogP contribution is -2.31. The number of carbonyl (C=O) groups is 1. The van der Waals surface area contributed by atoms with Gasteiger partial charge in [0.05, 0.1) is 12.1 Å². The van der Waals surface area contributed by atoms with Crippen LogP contribution in [0.15, 0.2) is 23.1 Å². The van der Waals surface area contributed by atoms with Crippen molar-refractivity contribution in [2.45, 2.75) is 17.5 Å². The molecule has 1 aromatic rings. The zero-order valence-corrected chi connectivity index (χ0v) is 11.8. The Kier molecular flexibility index (Phi) is 4.84. The van der Waals surface area contributed by atoms with E-state index >= 15 is 0 Å². The Balaban J connectivity index is 3.05. The normalized spacial score (nSPS) is 12.6. The summed E-state index contributed by atoms with van der Waals surface area (Å²) in [6.45, 7) is -0.733. The molecule has 0 fully saturated rings. The first-order valence-corrected chi connectivity index (χ1v) is 7.11. The molecule has 4 N–H and O–H groups in total. The molecule has 0 spiro atoms. The smallest absolute Gasteiger partial charge is 0.390 e. The first-order chi connectivity index (χ1) is 9.45. The van der Waals surface area contributed by atoms with Crippen LogP contribution in [0.25, 0.3) is 0 Å². The Labute approximate surface area is 119 Å². The van der Waals surface area contributed by atoms with Crippen LogP contribution in [0.5, 0.6) is 0 Å². The van der Waals surface area contributed by atoms with Crippen LogP contribution in [-0.4, -0.2) is 38.4 Å². The molecule has 1 rings (SSSR count). The Hall–Kier alpha value is -1.81. The molecule has 0 aliphatic carbocycles. The SMILES string of the molecule is CN(CCC(F)(F)F)S(=O)(=O)c1ccc(C(N)=O)cc1N. The third-order valence-corrected chi connectivity index (χ3v) is 4.62. The fraction of sp³-hybridized carbons (Fsp3) is 0.364. The van der Waals surface area contributed by atoms with E-state index in [0.29, 0.717) is 4.31 Å². The van der Waals surface area contributed by atoms with Crippen LogP contribution in [0.4, 0.5) is 18.9 Å². The van der Waals surface area contributed by atoms with Gasteiger partial charge in [-0.05, 0) is 18.2 Å². The molecule has 0 saturated heterocycles. The number of amides is 1. The van der Waals surface area contributed by atoms with Crippen molar-refractivity contribution >= 4 is 21.6 Å². The standard InChI is InChI=1S/C11H14F3N3O3S/c1-17(5-4-11(12,13)14)21(19,20)9-3-2-7(10(16)18)6-8(9)15/h2-3,6H,4-5,15H2,1H3,(H2,16,18). The molecule has 0 aliphatic heterocycles. The van der Waals surface area contributed by atoms with Crippen molar-refractivity contribution in [2.75, 3.05) is 19.3 Å². The topological polar surface area (TPSA) is 106 Å². The van der Waals surface area contributed by atoms with Crippen molar-refractivity contribution in [1.29, 1.82) is 0 Å². The number of carbonyl (C=O) groups excluding carboxylic acids is 1. The maximum absolute atomic E-state index is 12.1. The van der Waals surface area contributed by atoms with Crippen LogP contribution >= 0.6 is 0 Å². The third-order valence-electron chi connectivity index (χ3n) is 2.69. The van der Waals surface area contributed by atoms with Crippen molar-refractivity contribution < 1.29 is 26.4 Å². The van der Waals surface area contributed by atoms with Gasteiger partial charge in [-0.15, -0.1) is 0 Å². The summed E-state index contributed by atoms with van der Waals surface area (Å²) in [5.74, 6) is -0.795. The molecule has 0 heterocycles. The van der Waals surface area contributed by atoms with E-state index in [4.69, 9.17) is 11.5 Å². The van der Waals surface area contributed by atoms with Crippen LogP contribution in [-0.2, 0) is 10.0 Å². The summed E-state index contributed by atoms with van der Waals surface area (Å²) in [7, 11) is -3.16. The van der Waals surface area contributed by atoms with Crippen LogP contribution in [0, 0.1) is 0 Å². The summed E-state index contributed by atoms with van der Waals surface area (Å²) in [4.78, 5) is 10.6. The van der Waals surface area contributed by atoms with Gasteiger partial charge in [0.15, 0.2) is 0 Å². The van der Waals surface area contributed by atoms with Crippen molar-refractivity contribution in [2.24, 2.45) is 5.73 Å². The maximum Gasteiger partial charge on any atom is 0.390 e. The fourth-order valence-corrected chi connectivity index (χ4v) is 2.77. The number of nitrogen functional groups attached to an aromatic ring is 1. The van der Waals surface area contributed by atoms with Gasteiger partial charge in [-0.2, -0.15) is 13.2 Å². The average Bonchev–Trinajstić information content (AvgIpc) is 2.34. The zero-order valence-electron chi connectivity index (χ0n) is 11.0. The van der Waals surface area contributed by atoms with Crippen LogP contribution in [0.2, 0.25) is 0 Å². The van der Waals surface area contributed by atoms with Gasteiger partial charge < -0.3 is 11.5 Å². The number of hydrogen-bond donors (Lipinski definition) is 2. The van der Waals surface area contributed by atoms with E-state index in [9.17, 15) is 26.4 Å². The van der Waals surface area contributed by atoms with E-state index in [1.165, 1.54) is 0 Å². The van der Waals surface area contributed by atoms with Gasteiger partial charge in [0.25, 0.3) is 0 Å². The predicted octanol–water partition coefficient (Wildman–Crippen LogP) is 0.941.